The van der Waals surface area contributed by atoms with Crippen LogP contribution in [0.2, 0.25) is 0 Å². The van der Waals surface area contributed by atoms with Gasteiger partial charge in [0, 0.05) is 17.7 Å². The lowest BCUT2D eigenvalue weighted by Gasteiger charge is -2.09. The molecule has 2 rings (SSSR count). The van der Waals surface area contributed by atoms with E-state index in [1.165, 1.54) is 0 Å². The lowest BCUT2D eigenvalue weighted by atomic mass is 9.96. The number of hydrogen-bond donors (Lipinski definition) is 1. The molecule has 0 spiro atoms. The van der Waals surface area contributed by atoms with Crippen molar-refractivity contribution in [3.63, 3.8) is 0 Å². The van der Waals surface area contributed by atoms with Gasteiger partial charge in [-0.3, -0.25) is 0 Å². The van der Waals surface area contributed by atoms with Gasteiger partial charge in [-0.05, 0) is 12.8 Å². The van der Waals surface area contributed by atoms with E-state index in [0.717, 1.165) is 12.1 Å². The minimum absolute atomic E-state index is 0.210. The van der Waals surface area contributed by atoms with Gasteiger partial charge in [-0.25, -0.2) is 8.78 Å². The monoisotopic (exact) mass is 195 g/mol. The highest BCUT2D eigenvalue weighted by Crippen LogP contribution is 2.49. The number of phenolic OH excluding ortho intramolecular Hbond substituents is 1. The molecular formula is C10H7F2NO. The predicted molar refractivity (Wildman–Crippen MR) is 44.5 cm³/mol. The van der Waals surface area contributed by atoms with Crippen molar-refractivity contribution in [1.82, 2.24) is 0 Å². The molecule has 0 unspecified atom stereocenters. The second-order valence-corrected chi connectivity index (χ2v) is 3.48. The van der Waals surface area contributed by atoms with Crippen molar-refractivity contribution in [3.8, 4) is 11.8 Å². The molecule has 72 valence electrons. The molecule has 1 N–H and O–H groups in total. The molecule has 1 aliphatic rings. The van der Waals surface area contributed by atoms with Crippen molar-refractivity contribution >= 4 is 0 Å². The fraction of sp³-hybridized carbons (Fsp3) is 0.300. The van der Waals surface area contributed by atoms with Crippen LogP contribution >= 0.6 is 0 Å². The van der Waals surface area contributed by atoms with Crippen LogP contribution in [0.1, 0.15) is 18.4 Å². The molecule has 4 heteroatoms. The Hall–Kier alpha value is -1.63. The molecule has 0 radical (unpaired) electrons. The molecule has 1 fully saturated rings. The Morgan fingerprint density at radius 1 is 1.29 bits per heavy atom. The van der Waals surface area contributed by atoms with E-state index in [1.807, 2.05) is 6.07 Å². The summed E-state index contributed by atoms with van der Waals surface area (Å²) in [5.74, 6) is -2.15. The first-order chi connectivity index (χ1) is 6.59. The minimum atomic E-state index is -0.998. The Labute approximate surface area is 79.4 Å². The third-order valence-corrected chi connectivity index (χ3v) is 2.47. The molecule has 1 saturated carbocycles. The van der Waals surface area contributed by atoms with Crippen LogP contribution in [0.15, 0.2) is 12.1 Å². The van der Waals surface area contributed by atoms with E-state index < -0.39 is 22.8 Å². The summed E-state index contributed by atoms with van der Waals surface area (Å²) in [5, 5.41) is 17.7. The van der Waals surface area contributed by atoms with Crippen molar-refractivity contribution < 1.29 is 13.9 Å². The maximum absolute atomic E-state index is 13.3. The Bertz CT molecular complexity index is 409. The molecule has 0 aromatic heterocycles. The quantitative estimate of drug-likeness (QED) is 0.746. The molecule has 0 amide bonds. The molecule has 1 aromatic rings. The SMILES string of the molecule is N#CC1(c2c(F)cc(O)cc2F)CC1. The number of nitrogens with zero attached hydrogens (tertiary/aromatic N) is 1. The van der Waals surface area contributed by atoms with E-state index >= 15 is 0 Å². The summed E-state index contributed by atoms with van der Waals surface area (Å²) in [5.41, 5.74) is -1.21. The Morgan fingerprint density at radius 2 is 1.79 bits per heavy atom. The van der Waals surface area contributed by atoms with Gasteiger partial charge in [-0.1, -0.05) is 0 Å². The first kappa shape index (κ1) is 8.95. The number of halogens is 2. The molecular weight excluding hydrogens is 188 g/mol. The van der Waals surface area contributed by atoms with Crippen LogP contribution in [0.25, 0.3) is 0 Å². The number of phenols is 1. The number of aromatic hydroxyl groups is 1. The standard InChI is InChI=1S/C10H7F2NO/c11-7-3-6(14)4-8(12)9(7)10(5-13)1-2-10/h3-4,14H,1-2H2. The van der Waals surface area contributed by atoms with Crippen LogP contribution in [-0.4, -0.2) is 5.11 Å². The topological polar surface area (TPSA) is 44.0 Å². The number of rotatable bonds is 1. The van der Waals surface area contributed by atoms with Crippen LogP contribution in [0.5, 0.6) is 5.75 Å². The maximum Gasteiger partial charge on any atom is 0.134 e. The largest absolute Gasteiger partial charge is 0.508 e. The predicted octanol–water partition coefficient (Wildman–Crippen LogP) is 2.23. The number of hydrogen-bond acceptors (Lipinski definition) is 2. The van der Waals surface area contributed by atoms with Crippen LogP contribution in [0, 0.1) is 23.0 Å². The molecule has 1 aliphatic carbocycles. The van der Waals surface area contributed by atoms with Crippen LogP contribution < -0.4 is 0 Å². The molecule has 0 aliphatic heterocycles. The van der Waals surface area contributed by atoms with Gasteiger partial charge < -0.3 is 5.11 Å². The second-order valence-electron chi connectivity index (χ2n) is 3.48. The summed E-state index contributed by atoms with van der Waals surface area (Å²) in [6.45, 7) is 0. The Balaban J connectivity index is 2.60. The van der Waals surface area contributed by atoms with Crippen LogP contribution in [0.4, 0.5) is 8.78 Å². The van der Waals surface area contributed by atoms with Gasteiger partial charge in [0.2, 0.25) is 0 Å². The third-order valence-electron chi connectivity index (χ3n) is 2.47. The lowest BCUT2D eigenvalue weighted by Crippen LogP contribution is -2.08. The zero-order valence-electron chi connectivity index (χ0n) is 7.22. The normalized spacial score (nSPS) is 17.5. The minimum Gasteiger partial charge on any atom is -0.508 e. The van der Waals surface area contributed by atoms with Crippen molar-refractivity contribution in [2.75, 3.05) is 0 Å². The van der Waals surface area contributed by atoms with Crippen LogP contribution in [-0.2, 0) is 5.41 Å². The van der Waals surface area contributed by atoms with Gasteiger partial charge >= 0.3 is 0 Å². The van der Waals surface area contributed by atoms with Crippen molar-refractivity contribution in [1.29, 1.82) is 5.26 Å². The summed E-state index contributed by atoms with van der Waals surface area (Å²) >= 11 is 0. The Morgan fingerprint density at radius 3 is 2.14 bits per heavy atom. The molecule has 2 nitrogen and oxygen atoms in total. The molecule has 0 heterocycles. The van der Waals surface area contributed by atoms with Crippen LogP contribution in [0.3, 0.4) is 0 Å². The summed E-state index contributed by atoms with van der Waals surface area (Å²) in [6.07, 6.45) is 0.949. The lowest BCUT2D eigenvalue weighted by molar-refractivity contribution is 0.454. The highest BCUT2D eigenvalue weighted by Gasteiger charge is 2.48. The average Bonchev–Trinajstić information content (AvgIpc) is 2.83. The first-order valence-corrected chi connectivity index (χ1v) is 4.19. The van der Waals surface area contributed by atoms with Gasteiger partial charge in [0.05, 0.1) is 11.5 Å². The van der Waals surface area contributed by atoms with E-state index in [2.05, 4.69) is 0 Å². The highest BCUT2D eigenvalue weighted by atomic mass is 19.1. The van der Waals surface area contributed by atoms with Gasteiger partial charge in [0.1, 0.15) is 17.4 Å². The van der Waals surface area contributed by atoms with Gasteiger partial charge in [-0.2, -0.15) is 5.26 Å². The number of benzene rings is 1. The average molecular weight is 195 g/mol. The molecule has 1 aromatic carbocycles. The summed E-state index contributed by atoms with van der Waals surface area (Å²) in [4.78, 5) is 0. The smallest absolute Gasteiger partial charge is 0.134 e. The molecule has 0 atom stereocenters. The van der Waals surface area contributed by atoms with Gasteiger partial charge in [0.15, 0.2) is 0 Å². The molecule has 14 heavy (non-hydrogen) atoms. The summed E-state index contributed by atoms with van der Waals surface area (Å²) in [7, 11) is 0. The first-order valence-electron chi connectivity index (χ1n) is 4.19. The highest BCUT2D eigenvalue weighted by molar-refractivity contribution is 5.43. The van der Waals surface area contributed by atoms with Gasteiger partial charge in [-0.15, -0.1) is 0 Å². The number of nitriles is 1. The Kier molecular flexibility index (Phi) is 1.71. The fourth-order valence-electron chi connectivity index (χ4n) is 1.56. The fourth-order valence-corrected chi connectivity index (χ4v) is 1.56. The van der Waals surface area contributed by atoms with Crippen molar-refractivity contribution in [3.05, 3.63) is 29.3 Å². The second kappa shape index (κ2) is 2.68. The maximum atomic E-state index is 13.3. The molecule has 0 bridgehead atoms. The summed E-state index contributed by atoms with van der Waals surface area (Å²) < 4.78 is 26.6. The van der Waals surface area contributed by atoms with E-state index in [0.29, 0.717) is 12.8 Å². The third kappa shape index (κ3) is 1.13. The summed E-state index contributed by atoms with van der Waals surface area (Å²) in [6, 6.07) is 3.57. The molecule has 0 saturated heterocycles. The van der Waals surface area contributed by atoms with E-state index in [1.54, 1.807) is 0 Å². The van der Waals surface area contributed by atoms with E-state index in [4.69, 9.17) is 10.4 Å². The van der Waals surface area contributed by atoms with Crippen molar-refractivity contribution in [2.45, 2.75) is 18.3 Å². The van der Waals surface area contributed by atoms with E-state index in [-0.39, 0.29) is 5.56 Å². The van der Waals surface area contributed by atoms with Crippen molar-refractivity contribution in [2.24, 2.45) is 0 Å². The van der Waals surface area contributed by atoms with E-state index in [9.17, 15) is 8.78 Å². The zero-order chi connectivity index (χ0) is 10.3. The van der Waals surface area contributed by atoms with Gasteiger partial charge in [0.25, 0.3) is 0 Å². The zero-order valence-corrected chi connectivity index (χ0v) is 7.22.